The first kappa shape index (κ1) is 16.9. The molecule has 9 heteroatoms. The average molecular weight is 336 g/mol. The summed E-state index contributed by atoms with van der Waals surface area (Å²) in [5.74, 6) is -0.203. The third-order valence-corrected chi connectivity index (χ3v) is 4.21. The molecule has 0 radical (unpaired) electrons. The molecule has 1 heterocycles. The van der Waals surface area contributed by atoms with Crippen LogP contribution in [0.2, 0.25) is 0 Å². The molecule has 23 heavy (non-hydrogen) atoms. The van der Waals surface area contributed by atoms with Crippen LogP contribution < -0.4 is 5.69 Å². The highest BCUT2D eigenvalue weighted by atomic mass is 32.2. The van der Waals surface area contributed by atoms with Crippen molar-refractivity contribution in [1.29, 1.82) is 0 Å². The van der Waals surface area contributed by atoms with Gasteiger partial charge in [-0.25, -0.2) is 9.89 Å². The quantitative estimate of drug-likeness (QED) is 0.359. The first-order chi connectivity index (χ1) is 10.9. The second-order valence-corrected chi connectivity index (χ2v) is 5.88. The number of aromatic nitrogens is 3. The molecule has 0 atom stereocenters. The first-order valence-electron chi connectivity index (χ1n) is 7.00. The molecule has 2 rings (SSSR count). The third kappa shape index (κ3) is 3.86. The van der Waals surface area contributed by atoms with Crippen LogP contribution in [0.3, 0.4) is 0 Å². The molecule has 8 nitrogen and oxygen atoms in total. The van der Waals surface area contributed by atoms with Gasteiger partial charge in [-0.3, -0.25) is 19.5 Å². The van der Waals surface area contributed by atoms with Crippen molar-refractivity contribution in [3.8, 4) is 0 Å². The number of nitro groups is 1. The van der Waals surface area contributed by atoms with Gasteiger partial charge in [-0.1, -0.05) is 30.8 Å². The van der Waals surface area contributed by atoms with E-state index in [1.807, 2.05) is 6.92 Å². The lowest BCUT2D eigenvalue weighted by molar-refractivity contribution is -0.385. The van der Waals surface area contributed by atoms with E-state index in [1.165, 1.54) is 10.6 Å². The highest BCUT2D eigenvalue weighted by molar-refractivity contribution is 7.99. The summed E-state index contributed by atoms with van der Waals surface area (Å²) in [6.07, 6.45) is 0.769. The van der Waals surface area contributed by atoms with Gasteiger partial charge in [0.05, 0.1) is 10.7 Å². The Morgan fingerprint density at radius 3 is 2.87 bits per heavy atom. The minimum Gasteiger partial charge on any atom is -0.293 e. The van der Waals surface area contributed by atoms with Crippen molar-refractivity contribution in [2.45, 2.75) is 32.0 Å². The molecule has 0 saturated carbocycles. The molecule has 1 aromatic carbocycles. The number of hydrogen-bond donors (Lipinski definition) is 1. The van der Waals surface area contributed by atoms with Crippen LogP contribution in [0.5, 0.6) is 0 Å². The van der Waals surface area contributed by atoms with Gasteiger partial charge >= 0.3 is 5.69 Å². The number of H-pyrrole nitrogens is 1. The molecule has 0 unspecified atom stereocenters. The minimum atomic E-state index is -0.508. The molecule has 0 aliphatic carbocycles. The van der Waals surface area contributed by atoms with Crippen LogP contribution in [0.4, 0.5) is 5.69 Å². The lowest BCUT2D eigenvalue weighted by Gasteiger charge is -2.04. The summed E-state index contributed by atoms with van der Waals surface area (Å²) in [6, 6.07) is 4.40. The second-order valence-electron chi connectivity index (χ2n) is 4.93. The smallest absolute Gasteiger partial charge is 0.293 e. The van der Waals surface area contributed by atoms with Gasteiger partial charge in [0.2, 0.25) is 0 Å². The van der Waals surface area contributed by atoms with Crippen molar-refractivity contribution < 1.29 is 9.72 Å². The standard InChI is InChI=1S/C14H16N4O4S/c1-3-6-17-13(20)15-16-14(17)23-8-12(19)10-5-4-9(2)11(7-10)18(21)22/h4-5,7H,3,6,8H2,1-2H3,(H,15,20). The van der Waals surface area contributed by atoms with E-state index in [2.05, 4.69) is 10.2 Å². The number of hydrogen-bond acceptors (Lipinski definition) is 6. The van der Waals surface area contributed by atoms with Gasteiger partial charge in [-0.15, -0.1) is 5.10 Å². The SMILES string of the molecule is CCCn1c(SCC(=O)c2ccc(C)c([N+](=O)[O-])c2)n[nH]c1=O. The lowest BCUT2D eigenvalue weighted by atomic mass is 10.1. The molecule has 122 valence electrons. The van der Waals surface area contributed by atoms with E-state index in [1.54, 1.807) is 19.1 Å². The van der Waals surface area contributed by atoms with Gasteiger partial charge < -0.3 is 0 Å². The number of Topliss-reactive ketones (excluding diaryl/α,β-unsaturated/α-hetero) is 1. The zero-order valence-corrected chi connectivity index (χ0v) is 13.6. The van der Waals surface area contributed by atoms with Gasteiger partial charge in [-0.2, -0.15) is 0 Å². The van der Waals surface area contributed by atoms with Crippen LogP contribution >= 0.6 is 11.8 Å². The van der Waals surface area contributed by atoms with E-state index in [-0.39, 0.29) is 28.5 Å². The molecule has 1 N–H and O–H groups in total. The van der Waals surface area contributed by atoms with Crippen molar-refractivity contribution >= 4 is 23.2 Å². The molecule has 0 bridgehead atoms. The molecular formula is C14H16N4O4S. The molecule has 2 aromatic rings. The number of carbonyl (C=O) groups excluding carboxylic acids is 1. The molecule has 0 spiro atoms. The summed E-state index contributed by atoms with van der Waals surface area (Å²) in [5, 5.41) is 17.6. The average Bonchev–Trinajstić information content (AvgIpc) is 2.86. The van der Waals surface area contributed by atoms with Gasteiger partial charge in [0.25, 0.3) is 5.69 Å². The number of aromatic amines is 1. The minimum absolute atomic E-state index is 0.0498. The maximum atomic E-state index is 12.2. The summed E-state index contributed by atoms with van der Waals surface area (Å²) in [4.78, 5) is 34.2. The molecule has 0 fully saturated rings. The molecule has 0 aliphatic heterocycles. The second kappa shape index (κ2) is 7.23. The number of rotatable bonds is 7. The molecule has 0 amide bonds. The van der Waals surface area contributed by atoms with Crippen LogP contribution in [0.25, 0.3) is 0 Å². The molecule has 1 aromatic heterocycles. The van der Waals surface area contributed by atoms with E-state index in [4.69, 9.17) is 0 Å². The highest BCUT2D eigenvalue weighted by Gasteiger charge is 2.16. The van der Waals surface area contributed by atoms with Crippen LogP contribution in [-0.2, 0) is 6.54 Å². The summed E-state index contributed by atoms with van der Waals surface area (Å²) >= 11 is 1.13. The Bertz CT molecular complexity index is 796. The van der Waals surface area contributed by atoms with Crippen LogP contribution in [-0.4, -0.2) is 31.2 Å². The fourth-order valence-corrected chi connectivity index (χ4v) is 2.89. The maximum absolute atomic E-state index is 12.2. The van der Waals surface area contributed by atoms with Gasteiger partial charge in [0, 0.05) is 23.7 Å². The van der Waals surface area contributed by atoms with E-state index in [0.29, 0.717) is 17.3 Å². The summed E-state index contributed by atoms with van der Waals surface area (Å²) in [7, 11) is 0. The predicted molar refractivity (Wildman–Crippen MR) is 86.0 cm³/mol. The number of nitrogens with one attached hydrogen (secondary N) is 1. The van der Waals surface area contributed by atoms with Crippen LogP contribution in [0.15, 0.2) is 28.2 Å². The summed E-state index contributed by atoms with van der Waals surface area (Å²) < 4.78 is 1.47. The third-order valence-electron chi connectivity index (χ3n) is 3.23. The van der Waals surface area contributed by atoms with Crippen molar-refractivity contribution in [3.05, 3.63) is 49.9 Å². The maximum Gasteiger partial charge on any atom is 0.343 e. The summed E-state index contributed by atoms with van der Waals surface area (Å²) in [5.41, 5.74) is 0.384. The van der Waals surface area contributed by atoms with E-state index < -0.39 is 4.92 Å². The first-order valence-corrected chi connectivity index (χ1v) is 7.98. The Morgan fingerprint density at radius 2 is 2.22 bits per heavy atom. The Labute approximate surface area is 136 Å². The van der Waals surface area contributed by atoms with Crippen molar-refractivity contribution in [2.75, 3.05) is 5.75 Å². The summed E-state index contributed by atoms with van der Waals surface area (Å²) in [6.45, 7) is 4.07. The Kier molecular flexibility index (Phi) is 5.32. The van der Waals surface area contributed by atoms with Gasteiger partial charge in [0.1, 0.15) is 0 Å². The number of thioether (sulfide) groups is 1. The Balaban J connectivity index is 2.13. The normalized spacial score (nSPS) is 10.7. The number of nitro benzene ring substituents is 1. The predicted octanol–water partition coefficient (Wildman–Crippen LogP) is 2.17. The van der Waals surface area contributed by atoms with Crippen LogP contribution in [0, 0.1) is 17.0 Å². The van der Waals surface area contributed by atoms with Gasteiger partial charge in [0.15, 0.2) is 10.9 Å². The Morgan fingerprint density at radius 1 is 1.48 bits per heavy atom. The van der Waals surface area contributed by atoms with Crippen molar-refractivity contribution in [1.82, 2.24) is 14.8 Å². The largest absolute Gasteiger partial charge is 0.343 e. The fourth-order valence-electron chi connectivity index (χ4n) is 2.03. The number of nitrogens with zero attached hydrogens (tertiary/aromatic N) is 3. The Hall–Kier alpha value is -2.42. The van der Waals surface area contributed by atoms with Gasteiger partial charge in [-0.05, 0) is 13.3 Å². The number of carbonyl (C=O) groups is 1. The highest BCUT2D eigenvalue weighted by Crippen LogP contribution is 2.21. The van der Waals surface area contributed by atoms with Crippen molar-refractivity contribution in [3.63, 3.8) is 0 Å². The molecule has 0 saturated heterocycles. The van der Waals surface area contributed by atoms with E-state index >= 15 is 0 Å². The lowest BCUT2D eigenvalue weighted by Crippen LogP contribution is -2.17. The number of ketones is 1. The van der Waals surface area contributed by atoms with E-state index in [0.717, 1.165) is 18.2 Å². The van der Waals surface area contributed by atoms with Crippen molar-refractivity contribution in [2.24, 2.45) is 0 Å². The molecule has 0 aliphatic rings. The fraction of sp³-hybridized carbons (Fsp3) is 0.357. The number of benzene rings is 1. The zero-order chi connectivity index (χ0) is 17.0. The zero-order valence-electron chi connectivity index (χ0n) is 12.7. The monoisotopic (exact) mass is 336 g/mol. The topological polar surface area (TPSA) is 111 Å². The van der Waals surface area contributed by atoms with Crippen LogP contribution in [0.1, 0.15) is 29.3 Å². The van der Waals surface area contributed by atoms with E-state index in [9.17, 15) is 19.7 Å². The molecular weight excluding hydrogens is 320 g/mol. The number of aryl methyl sites for hydroxylation is 1.